The largest absolute Gasteiger partial charge is 0.465 e. The highest BCUT2D eigenvalue weighted by atomic mass is 19.1. The van der Waals surface area contributed by atoms with Crippen molar-refractivity contribution in [1.29, 1.82) is 0 Å². The number of amides is 2. The Morgan fingerprint density at radius 2 is 1.71 bits per heavy atom. The zero-order chi connectivity index (χ0) is 12.7. The lowest BCUT2D eigenvalue weighted by Gasteiger charge is -2.05. The van der Waals surface area contributed by atoms with Gasteiger partial charge in [0.1, 0.15) is 5.82 Å². The minimum Gasteiger partial charge on any atom is -0.465 e. The van der Waals surface area contributed by atoms with Crippen molar-refractivity contribution in [3.05, 3.63) is 35.6 Å². The fourth-order valence-electron chi connectivity index (χ4n) is 1.19. The molecule has 1 aromatic carbocycles. The van der Waals surface area contributed by atoms with Gasteiger partial charge in [0.05, 0.1) is 0 Å². The summed E-state index contributed by atoms with van der Waals surface area (Å²) in [7, 11) is 0. The van der Waals surface area contributed by atoms with E-state index in [1.165, 1.54) is 24.3 Å². The maximum absolute atomic E-state index is 12.6. The lowest BCUT2D eigenvalue weighted by atomic mass is 10.2. The summed E-state index contributed by atoms with van der Waals surface area (Å²) in [5.74, 6) is -0.701. The normalized spacial score (nSPS) is 9.71. The van der Waals surface area contributed by atoms with Gasteiger partial charge in [-0.15, -0.1) is 0 Å². The van der Waals surface area contributed by atoms with Gasteiger partial charge in [0.25, 0.3) is 5.91 Å². The Kier molecular flexibility index (Phi) is 4.93. The predicted molar refractivity (Wildman–Crippen MR) is 59.4 cm³/mol. The van der Waals surface area contributed by atoms with Crippen LogP contribution in [-0.4, -0.2) is 30.2 Å². The molecule has 0 bridgehead atoms. The highest BCUT2D eigenvalue weighted by molar-refractivity contribution is 5.94. The molecule has 17 heavy (non-hydrogen) atoms. The van der Waals surface area contributed by atoms with Gasteiger partial charge in [-0.1, -0.05) is 0 Å². The van der Waals surface area contributed by atoms with Crippen LogP contribution in [0.2, 0.25) is 0 Å². The van der Waals surface area contributed by atoms with Crippen molar-refractivity contribution < 1.29 is 19.1 Å². The SMILES string of the molecule is O=C(O)NCCCNC(=O)c1ccc(F)cc1. The van der Waals surface area contributed by atoms with E-state index in [4.69, 9.17) is 5.11 Å². The standard InChI is InChI=1S/C11H13FN2O3/c12-9-4-2-8(3-5-9)10(15)13-6-1-7-14-11(16)17/h2-5,14H,1,6-7H2,(H,13,15)(H,16,17). The summed E-state index contributed by atoms with van der Waals surface area (Å²) in [6.07, 6.45) is -0.589. The molecule has 3 N–H and O–H groups in total. The summed E-state index contributed by atoms with van der Waals surface area (Å²) in [4.78, 5) is 21.6. The number of rotatable bonds is 5. The van der Waals surface area contributed by atoms with Gasteiger partial charge in [-0.3, -0.25) is 4.79 Å². The lowest BCUT2D eigenvalue weighted by Crippen LogP contribution is -2.29. The fraction of sp³-hybridized carbons (Fsp3) is 0.273. The highest BCUT2D eigenvalue weighted by Gasteiger charge is 2.04. The molecule has 0 fully saturated rings. The Balaban J connectivity index is 2.25. The number of nitrogens with one attached hydrogen (secondary N) is 2. The molecule has 0 atom stereocenters. The van der Waals surface area contributed by atoms with Crippen molar-refractivity contribution in [3.63, 3.8) is 0 Å². The van der Waals surface area contributed by atoms with E-state index >= 15 is 0 Å². The van der Waals surface area contributed by atoms with E-state index in [0.717, 1.165) is 0 Å². The van der Waals surface area contributed by atoms with E-state index in [9.17, 15) is 14.0 Å². The first-order valence-corrected chi connectivity index (χ1v) is 5.10. The second-order valence-corrected chi connectivity index (χ2v) is 3.35. The van der Waals surface area contributed by atoms with Crippen LogP contribution >= 0.6 is 0 Å². The molecule has 0 saturated heterocycles. The third kappa shape index (κ3) is 4.96. The molecule has 0 radical (unpaired) electrons. The summed E-state index contributed by atoms with van der Waals surface area (Å²) >= 11 is 0. The topological polar surface area (TPSA) is 78.4 Å². The predicted octanol–water partition coefficient (Wildman–Crippen LogP) is 1.21. The van der Waals surface area contributed by atoms with Crippen LogP contribution in [0.15, 0.2) is 24.3 Å². The summed E-state index contributed by atoms with van der Waals surface area (Å²) in [5.41, 5.74) is 0.373. The van der Waals surface area contributed by atoms with E-state index in [0.29, 0.717) is 18.5 Å². The van der Waals surface area contributed by atoms with Gasteiger partial charge < -0.3 is 15.7 Å². The number of carbonyl (C=O) groups excluding carboxylic acids is 1. The van der Waals surface area contributed by atoms with Crippen molar-refractivity contribution >= 4 is 12.0 Å². The van der Waals surface area contributed by atoms with Crippen LogP contribution in [-0.2, 0) is 0 Å². The Morgan fingerprint density at radius 1 is 1.12 bits per heavy atom. The molecule has 6 heteroatoms. The molecule has 5 nitrogen and oxygen atoms in total. The third-order valence-corrected chi connectivity index (χ3v) is 2.02. The molecule has 1 aromatic rings. The van der Waals surface area contributed by atoms with Crippen LogP contribution < -0.4 is 10.6 Å². The van der Waals surface area contributed by atoms with Crippen LogP contribution in [0.1, 0.15) is 16.8 Å². The highest BCUT2D eigenvalue weighted by Crippen LogP contribution is 2.02. The van der Waals surface area contributed by atoms with Gasteiger partial charge in [0, 0.05) is 18.7 Å². The van der Waals surface area contributed by atoms with Crippen LogP contribution in [0.25, 0.3) is 0 Å². The molecule has 1 rings (SSSR count). The molecule has 0 aromatic heterocycles. The minimum absolute atomic E-state index is 0.277. The Morgan fingerprint density at radius 3 is 2.29 bits per heavy atom. The summed E-state index contributed by atoms with van der Waals surface area (Å²) < 4.78 is 12.6. The van der Waals surface area contributed by atoms with Crippen LogP contribution in [0.4, 0.5) is 9.18 Å². The number of carboxylic acid groups (broad SMARTS) is 1. The Bertz CT molecular complexity index is 392. The second kappa shape index (κ2) is 6.47. The Labute approximate surface area is 97.6 Å². The molecule has 0 spiro atoms. The van der Waals surface area contributed by atoms with Crippen molar-refractivity contribution in [2.45, 2.75) is 6.42 Å². The number of hydrogen-bond donors (Lipinski definition) is 3. The number of benzene rings is 1. The van der Waals surface area contributed by atoms with Gasteiger partial charge >= 0.3 is 6.09 Å². The first kappa shape index (κ1) is 13.0. The van der Waals surface area contributed by atoms with Crippen molar-refractivity contribution in [3.8, 4) is 0 Å². The van der Waals surface area contributed by atoms with Gasteiger partial charge in [-0.2, -0.15) is 0 Å². The molecule has 0 aliphatic rings. The summed E-state index contributed by atoms with van der Waals surface area (Å²) in [6, 6.07) is 5.20. The smallest absolute Gasteiger partial charge is 0.404 e. The number of halogens is 1. The fourth-order valence-corrected chi connectivity index (χ4v) is 1.19. The average molecular weight is 240 g/mol. The monoisotopic (exact) mass is 240 g/mol. The molecule has 2 amide bonds. The minimum atomic E-state index is -1.09. The number of hydrogen-bond acceptors (Lipinski definition) is 2. The quantitative estimate of drug-likeness (QED) is 0.677. The molecular weight excluding hydrogens is 227 g/mol. The van der Waals surface area contributed by atoms with E-state index < -0.39 is 11.9 Å². The molecule has 0 aliphatic carbocycles. The molecule has 0 saturated carbocycles. The molecular formula is C11H13FN2O3. The molecule has 0 heterocycles. The van der Waals surface area contributed by atoms with Gasteiger partial charge in [-0.05, 0) is 30.7 Å². The van der Waals surface area contributed by atoms with E-state index in [2.05, 4.69) is 10.6 Å². The van der Waals surface area contributed by atoms with Crippen molar-refractivity contribution in [2.24, 2.45) is 0 Å². The zero-order valence-corrected chi connectivity index (χ0v) is 9.07. The Hall–Kier alpha value is -2.11. The van der Waals surface area contributed by atoms with E-state index in [1.807, 2.05) is 0 Å². The van der Waals surface area contributed by atoms with Crippen LogP contribution in [0, 0.1) is 5.82 Å². The molecule has 0 aliphatic heterocycles. The van der Waals surface area contributed by atoms with Crippen LogP contribution in [0.5, 0.6) is 0 Å². The summed E-state index contributed by atoms with van der Waals surface area (Å²) in [5, 5.41) is 13.1. The van der Waals surface area contributed by atoms with Crippen LogP contribution in [0.3, 0.4) is 0 Å². The number of carbonyl (C=O) groups is 2. The van der Waals surface area contributed by atoms with Gasteiger partial charge in [0.2, 0.25) is 0 Å². The molecule has 92 valence electrons. The maximum atomic E-state index is 12.6. The first-order valence-electron chi connectivity index (χ1n) is 5.10. The van der Waals surface area contributed by atoms with Crippen molar-refractivity contribution in [1.82, 2.24) is 10.6 Å². The maximum Gasteiger partial charge on any atom is 0.404 e. The average Bonchev–Trinajstić information content (AvgIpc) is 2.29. The van der Waals surface area contributed by atoms with Gasteiger partial charge in [0.15, 0.2) is 0 Å². The molecule has 0 unspecified atom stereocenters. The van der Waals surface area contributed by atoms with E-state index in [-0.39, 0.29) is 12.5 Å². The zero-order valence-electron chi connectivity index (χ0n) is 9.07. The third-order valence-electron chi connectivity index (χ3n) is 2.02. The second-order valence-electron chi connectivity index (χ2n) is 3.35. The van der Waals surface area contributed by atoms with Gasteiger partial charge in [-0.25, -0.2) is 9.18 Å². The summed E-state index contributed by atoms with van der Waals surface area (Å²) in [6.45, 7) is 0.634. The van der Waals surface area contributed by atoms with E-state index in [1.54, 1.807) is 0 Å². The lowest BCUT2D eigenvalue weighted by molar-refractivity contribution is 0.0953. The van der Waals surface area contributed by atoms with Crippen molar-refractivity contribution in [2.75, 3.05) is 13.1 Å². The first-order chi connectivity index (χ1) is 8.09.